The first kappa shape index (κ1) is 17.7. The zero-order valence-electron chi connectivity index (χ0n) is 13.3. The highest BCUT2D eigenvalue weighted by molar-refractivity contribution is 5.80. The summed E-state index contributed by atoms with van der Waals surface area (Å²) in [6, 6.07) is 15.8. The number of allylic oxidation sites excluding steroid dienone is 1. The first-order valence-corrected chi connectivity index (χ1v) is 7.43. The van der Waals surface area contributed by atoms with E-state index in [1.165, 1.54) is 6.07 Å². The second-order valence-corrected chi connectivity index (χ2v) is 4.83. The van der Waals surface area contributed by atoms with Gasteiger partial charge in [-0.3, -0.25) is 15.1 Å². The van der Waals surface area contributed by atoms with Gasteiger partial charge in [0.15, 0.2) is 0 Å². The van der Waals surface area contributed by atoms with Crippen molar-refractivity contribution >= 4 is 23.7 Å². The molecular weight excluding hydrogens is 318 g/mol. The molecule has 25 heavy (non-hydrogen) atoms. The Morgan fingerprint density at radius 3 is 2.60 bits per heavy atom. The molecule has 0 saturated heterocycles. The largest absolute Gasteiger partial charge is 0.289 e. The van der Waals surface area contributed by atoms with Crippen LogP contribution in [0.2, 0.25) is 0 Å². The Balaban J connectivity index is 2.03. The molecule has 2 aromatic carbocycles. The molecule has 0 spiro atoms. The molecule has 0 bridgehead atoms. The minimum Gasteiger partial charge on any atom is -0.289 e. The molecule has 0 aliphatic carbocycles. The van der Waals surface area contributed by atoms with Gasteiger partial charge in [0.1, 0.15) is 0 Å². The van der Waals surface area contributed by atoms with Crippen LogP contribution in [0.1, 0.15) is 11.1 Å². The Morgan fingerprint density at radius 1 is 1.16 bits per heavy atom. The molecule has 0 atom stereocenters. The van der Waals surface area contributed by atoms with Crippen molar-refractivity contribution in [1.29, 1.82) is 0 Å². The fraction of sp³-hybridized carbons (Fsp3) is 0.0556. The maximum absolute atomic E-state index is 10.9. The van der Waals surface area contributed by atoms with Crippen LogP contribution < -0.4 is 0 Å². The fourth-order valence-corrected chi connectivity index (χ4v) is 2.08. The Hall–Kier alpha value is -3.70. The Labute approximate surface area is 144 Å². The quantitative estimate of drug-likeness (QED) is 0.177. The number of aliphatic imine (C=N–C) groups is 1. The first-order chi connectivity index (χ1) is 12.2. The Morgan fingerprint density at radius 2 is 1.88 bits per heavy atom. The number of azide groups is 1. The lowest BCUT2D eigenvalue weighted by Crippen LogP contribution is -1.90. The minimum absolute atomic E-state index is 0.0433. The van der Waals surface area contributed by atoms with E-state index in [4.69, 9.17) is 5.53 Å². The molecule has 0 fully saturated rings. The zero-order valence-corrected chi connectivity index (χ0v) is 13.3. The maximum atomic E-state index is 10.9. The Bertz CT molecular complexity index is 866. The molecule has 2 aromatic rings. The smallest absolute Gasteiger partial charge is 0.276 e. The van der Waals surface area contributed by atoms with Crippen LogP contribution in [0.4, 0.5) is 5.69 Å². The van der Waals surface area contributed by atoms with Crippen LogP contribution in [0.15, 0.2) is 76.9 Å². The molecule has 0 aliphatic heterocycles. The van der Waals surface area contributed by atoms with Crippen molar-refractivity contribution in [3.63, 3.8) is 0 Å². The third-order valence-corrected chi connectivity index (χ3v) is 3.21. The van der Waals surface area contributed by atoms with Crippen LogP contribution in [0.5, 0.6) is 0 Å². The summed E-state index contributed by atoms with van der Waals surface area (Å²) < 4.78 is 0. The van der Waals surface area contributed by atoms with Gasteiger partial charge in [0.2, 0.25) is 0 Å². The zero-order chi connectivity index (χ0) is 17.9. The van der Waals surface area contributed by atoms with Gasteiger partial charge < -0.3 is 0 Å². The summed E-state index contributed by atoms with van der Waals surface area (Å²) in [6.07, 6.45) is 6.51. The van der Waals surface area contributed by atoms with Gasteiger partial charge in [0.05, 0.1) is 17.0 Å². The van der Waals surface area contributed by atoms with Crippen LogP contribution in [0, 0.1) is 10.1 Å². The lowest BCUT2D eigenvalue weighted by Gasteiger charge is -1.99. The van der Waals surface area contributed by atoms with E-state index in [1.54, 1.807) is 42.6 Å². The van der Waals surface area contributed by atoms with Crippen LogP contribution in [-0.2, 0) is 0 Å². The molecule has 0 aromatic heterocycles. The highest BCUT2D eigenvalue weighted by Gasteiger charge is 2.08. The highest BCUT2D eigenvalue weighted by Crippen LogP contribution is 2.18. The van der Waals surface area contributed by atoms with Crippen molar-refractivity contribution in [2.24, 2.45) is 10.1 Å². The number of hydrogen-bond acceptors (Lipinski definition) is 4. The van der Waals surface area contributed by atoms with Gasteiger partial charge in [-0.1, -0.05) is 53.7 Å². The molecular formula is C18H15N5O2. The van der Waals surface area contributed by atoms with E-state index in [2.05, 4.69) is 15.0 Å². The average Bonchev–Trinajstić information content (AvgIpc) is 2.64. The van der Waals surface area contributed by atoms with Crippen molar-refractivity contribution in [3.05, 3.63) is 98.4 Å². The highest BCUT2D eigenvalue weighted by atomic mass is 16.6. The second kappa shape index (κ2) is 9.44. The number of rotatable bonds is 7. The van der Waals surface area contributed by atoms with Crippen molar-refractivity contribution in [1.82, 2.24) is 0 Å². The van der Waals surface area contributed by atoms with Crippen molar-refractivity contribution in [2.75, 3.05) is 6.54 Å². The van der Waals surface area contributed by atoms with Crippen molar-refractivity contribution in [2.45, 2.75) is 0 Å². The van der Waals surface area contributed by atoms with Gasteiger partial charge in [0, 0.05) is 22.9 Å². The summed E-state index contributed by atoms with van der Waals surface area (Å²) in [6.45, 7) is 0.324. The normalized spacial score (nSPS) is 11.6. The van der Waals surface area contributed by atoms with Crippen LogP contribution in [0.25, 0.3) is 22.2 Å². The summed E-state index contributed by atoms with van der Waals surface area (Å²) in [5, 5.41) is 14.6. The number of hydrogen-bond donors (Lipinski definition) is 0. The third kappa shape index (κ3) is 5.46. The first-order valence-electron chi connectivity index (χ1n) is 7.43. The summed E-state index contributed by atoms with van der Waals surface area (Å²) in [5.41, 5.74) is 10.5. The van der Waals surface area contributed by atoms with E-state index in [-0.39, 0.29) is 5.69 Å². The predicted octanol–water partition coefficient (Wildman–Crippen LogP) is 5.03. The van der Waals surface area contributed by atoms with Crippen molar-refractivity contribution < 1.29 is 4.92 Å². The van der Waals surface area contributed by atoms with Crippen LogP contribution >= 0.6 is 0 Å². The van der Waals surface area contributed by atoms with Crippen LogP contribution in [-0.4, -0.2) is 17.7 Å². The number of benzene rings is 2. The van der Waals surface area contributed by atoms with Gasteiger partial charge in [-0.25, -0.2) is 0 Å². The van der Waals surface area contributed by atoms with Gasteiger partial charge in [0.25, 0.3) is 5.69 Å². The van der Waals surface area contributed by atoms with E-state index in [0.717, 1.165) is 5.56 Å². The van der Waals surface area contributed by atoms with E-state index in [9.17, 15) is 10.1 Å². The van der Waals surface area contributed by atoms with Gasteiger partial charge >= 0.3 is 0 Å². The summed E-state index contributed by atoms with van der Waals surface area (Å²) >= 11 is 0. The van der Waals surface area contributed by atoms with Gasteiger partial charge in [-0.15, -0.1) is 0 Å². The monoisotopic (exact) mass is 333 g/mol. The lowest BCUT2D eigenvalue weighted by molar-refractivity contribution is -0.385. The van der Waals surface area contributed by atoms with E-state index < -0.39 is 4.92 Å². The molecule has 0 heterocycles. The summed E-state index contributed by atoms with van der Waals surface area (Å²) in [4.78, 5) is 17.5. The van der Waals surface area contributed by atoms with E-state index >= 15 is 0 Å². The van der Waals surface area contributed by atoms with Gasteiger partial charge in [-0.2, -0.15) is 0 Å². The Kier molecular flexibility index (Phi) is 6.67. The minimum atomic E-state index is -0.425. The van der Waals surface area contributed by atoms with E-state index in [1.807, 2.05) is 30.3 Å². The van der Waals surface area contributed by atoms with E-state index in [0.29, 0.717) is 17.8 Å². The fourth-order valence-electron chi connectivity index (χ4n) is 2.08. The number of nitrogens with zero attached hydrogens (tertiary/aromatic N) is 5. The molecule has 7 heteroatoms. The molecule has 124 valence electrons. The molecule has 0 radical (unpaired) electrons. The molecule has 0 amide bonds. The number of nitro benzene ring substituents is 1. The van der Waals surface area contributed by atoms with Crippen LogP contribution in [0.3, 0.4) is 0 Å². The molecule has 0 aliphatic rings. The SMILES string of the molecule is [N-]=[N+]=N/C(=C\CN=C/C=C/c1ccccc1[N+](=O)[O-])c1ccccc1. The predicted molar refractivity (Wildman–Crippen MR) is 99.1 cm³/mol. The molecule has 2 rings (SSSR count). The summed E-state index contributed by atoms with van der Waals surface area (Å²) in [7, 11) is 0. The summed E-state index contributed by atoms with van der Waals surface area (Å²) in [5.74, 6) is 0. The topological polar surface area (TPSA) is 104 Å². The number of para-hydroxylation sites is 1. The number of nitro groups is 1. The maximum Gasteiger partial charge on any atom is 0.276 e. The molecule has 0 N–H and O–H groups in total. The second-order valence-electron chi connectivity index (χ2n) is 4.83. The standard InChI is InChI=1S/C18H15N5O2/c19-22-21-17(15-7-2-1-3-8-15)12-14-20-13-6-10-16-9-4-5-11-18(16)23(24)25/h1-13H,14H2/b10-6+,17-12-,20-13?. The molecule has 0 unspecified atom stereocenters. The lowest BCUT2D eigenvalue weighted by atomic mass is 10.1. The van der Waals surface area contributed by atoms with Gasteiger partial charge in [-0.05, 0) is 29.3 Å². The molecule has 7 nitrogen and oxygen atoms in total. The van der Waals surface area contributed by atoms with Crippen molar-refractivity contribution in [3.8, 4) is 0 Å². The third-order valence-electron chi connectivity index (χ3n) is 3.21. The molecule has 0 saturated carbocycles. The average molecular weight is 333 g/mol.